The van der Waals surface area contributed by atoms with Crippen LogP contribution in [0.1, 0.15) is 264 Å². The summed E-state index contributed by atoms with van der Waals surface area (Å²) in [6.07, 6.45) is 55.2. The van der Waals surface area contributed by atoms with E-state index >= 15 is 0 Å². The second-order valence-electron chi connectivity index (χ2n) is 17.8. The zero-order valence-corrected chi connectivity index (χ0v) is 41.5. The predicted octanol–water partition coefficient (Wildman–Crippen LogP) is 15.9. The lowest BCUT2D eigenvalue weighted by atomic mass is 10.0. The van der Waals surface area contributed by atoms with Crippen molar-refractivity contribution in [2.45, 2.75) is 270 Å². The average Bonchev–Trinajstić information content (AvgIpc) is 3.26. The molecule has 0 radical (unpaired) electrons. The fraction of sp³-hybridized carbons (Fsp3) is 0.885. The second-order valence-corrected chi connectivity index (χ2v) is 19.2. The SMILES string of the molecule is CCCCCCC/C=C\C/C=C\CCCCCCCCCCCCCCCCCCCC(=O)OC(COC(=O)CCCCCCCCCCCCCC)COP(=O)(O)OCCN. The molecule has 0 fully saturated rings. The molecule has 10 heteroatoms. The summed E-state index contributed by atoms with van der Waals surface area (Å²) in [6, 6.07) is 0. The van der Waals surface area contributed by atoms with E-state index in [-0.39, 0.29) is 38.6 Å². The molecule has 0 heterocycles. The van der Waals surface area contributed by atoms with Crippen molar-refractivity contribution in [3.8, 4) is 0 Å². The van der Waals surface area contributed by atoms with Crippen LogP contribution in [0, 0.1) is 0 Å². The van der Waals surface area contributed by atoms with E-state index in [4.69, 9.17) is 24.3 Å². The second kappa shape index (κ2) is 48.9. The minimum atomic E-state index is -4.37. The zero-order valence-electron chi connectivity index (χ0n) is 40.6. The van der Waals surface area contributed by atoms with E-state index in [0.29, 0.717) is 6.42 Å². The lowest BCUT2D eigenvalue weighted by molar-refractivity contribution is -0.161. The van der Waals surface area contributed by atoms with Crippen LogP contribution in [0.4, 0.5) is 0 Å². The predicted molar refractivity (Wildman–Crippen MR) is 261 cm³/mol. The van der Waals surface area contributed by atoms with Gasteiger partial charge in [0.2, 0.25) is 0 Å². The Morgan fingerprint density at radius 2 is 0.839 bits per heavy atom. The van der Waals surface area contributed by atoms with Gasteiger partial charge in [0, 0.05) is 19.4 Å². The van der Waals surface area contributed by atoms with Gasteiger partial charge in [0.05, 0.1) is 13.2 Å². The third-order valence-electron chi connectivity index (χ3n) is 11.6. The topological polar surface area (TPSA) is 134 Å². The third-order valence-corrected chi connectivity index (χ3v) is 12.6. The number of rotatable bonds is 50. The summed E-state index contributed by atoms with van der Waals surface area (Å²) in [5, 5.41) is 0. The minimum absolute atomic E-state index is 0.0562. The van der Waals surface area contributed by atoms with Crippen LogP contribution in [0.15, 0.2) is 24.3 Å². The normalized spacial score (nSPS) is 13.3. The van der Waals surface area contributed by atoms with Crippen molar-refractivity contribution in [3.05, 3.63) is 24.3 Å². The number of allylic oxidation sites excluding steroid dienone is 4. The maximum absolute atomic E-state index is 12.6. The maximum Gasteiger partial charge on any atom is 0.472 e. The Morgan fingerprint density at radius 1 is 0.484 bits per heavy atom. The van der Waals surface area contributed by atoms with Crippen molar-refractivity contribution < 1.29 is 37.6 Å². The molecule has 2 unspecified atom stereocenters. The summed E-state index contributed by atoms with van der Waals surface area (Å²) < 4.78 is 32.9. The number of esters is 2. The summed E-state index contributed by atoms with van der Waals surface area (Å²) in [5.74, 6) is -0.815. The van der Waals surface area contributed by atoms with E-state index in [9.17, 15) is 19.0 Å². The molecule has 366 valence electrons. The molecular formula is C52H100NO8P. The largest absolute Gasteiger partial charge is 0.472 e. The van der Waals surface area contributed by atoms with Gasteiger partial charge in [0.15, 0.2) is 6.10 Å². The summed E-state index contributed by atoms with van der Waals surface area (Å²) in [6.45, 7) is 3.76. The number of unbranched alkanes of at least 4 members (excludes halogenated alkanes) is 33. The van der Waals surface area contributed by atoms with E-state index in [1.165, 1.54) is 193 Å². The van der Waals surface area contributed by atoms with E-state index in [1.807, 2.05) is 0 Å². The third kappa shape index (κ3) is 48.0. The maximum atomic E-state index is 12.6. The summed E-state index contributed by atoms with van der Waals surface area (Å²) in [5.41, 5.74) is 5.36. The van der Waals surface area contributed by atoms with Gasteiger partial charge >= 0.3 is 19.8 Å². The van der Waals surface area contributed by atoms with Gasteiger partial charge in [0.25, 0.3) is 0 Å². The fourth-order valence-corrected chi connectivity index (χ4v) is 8.43. The molecule has 0 aromatic carbocycles. The average molecular weight is 898 g/mol. The number of phosphoric ester groups is 1. The van der Waals surface area contributed by atoms with Crippen molar-refractivity contribution in [2.24, 2.45) is 5.73 Å². The summed E-state index contributed by atoms with van der Waals surface area (Å²) in [7, 11) is -4.37. The highest BCUT2D eigenvalue weighted by Crippen LogP contribution is 2.43. The Balaban J connectivity index is 3.89. The first-order valence-electron chi connectivity index (χ1n) is 26.3. The quantitative estimate of drug-likeness (QED) is 0.0265. The first-order chi connectivity index (χ1) is 30.3. The number of hydrogen-bond acceptors (Lipinski definition) is 8. The molecule has 0 aliphatic carbocycles. The van der Waals surface area contributed by atoms with Gasteiger partial charge in [-0.25, -0.2) is 4.57 Å². The number of carbonyl (C=O) groups excluding carboxylic acids is 2. The van der Waals surface area contributed by atoms with Crippen LogP contribution in [0.2, 0.25) is 0 Å². The molecule has 0 saturated heterocycles. The summed E-state index contributed by atoms with van der Waals surface area (Å²) in [4.78, 5) is 35.0. The van der Waals surface area contributed by atoms with E-state index in [0.717, 1.165) is 38.5 Å². The molecule has 0 aromatic rings. The smallest absolute Gasteiger partial charge is 0.462 e. The van der Waals surface area contributed by atoms with Gasteiger partial charge in [-0.2, -0.15) is 0 Å². The van der Waals surface area contributed by atoms with Crippen LogP contribution in [0.5, 0.6) is 0 Å². The van der Waals surface area contributed by atoms with Crippen molar-refractivity contribution in [1.29, 1.82) is 0 Å². The number of phosphoric acid groups is 1. The van der Waals surface area contributed by atoms with E-state index < -0.39 is 26.5 Å². The van der Waals surface area contributed by atoms with E-state index in [1.54, 1.807) is 0 Å². The van der Waals surface area contributed by atoms with Crippen LogP contribution in [0.3, 0.4) is 0 Å². The molecule has 9 nitrogen and oxygen atoms in total. The van der Waals surface area contributed by atoms with Crippen molar-refractivity contribution >= 4 is 19.8 Å². The highest BCUT2D eigenvalue weighted by atomic mass is 31.2. The monoisotopic (exact) mass is 898 g/mol. The Kier molecular flexibility index (Phi) is 47.7. The molecular weight excluding hydrogens is 798 g/mol. The van der Waals surface area contributed by atoms with Crippen molar-refractivity contribution in [2.75, 3.05) is 26.4 Å². The lowest BCUT2D eigenvalue weighted by Gasteiger charge is -2.19. The standard InChI is InChI=1S/C52H100NO8P/c1-3-5-7-9-11-13-15-17-18-19-20-21-22-23-24-25-26-27-28-29-30-31-32-33-35-37-39-41-43-45-52(55)61-50(49-60-62(56,57)59-47-46-53)48-58-51(54)44-42-40-38-36-34-16-14-12-10-8-6-4-2/h15,17,19-20,50H,3-14,16,18,21-49,53H2,1-2H3,(H,56,57)/b17-15-,20-19-. The van der Waals surface area contributed by atoms with Gasteiger partial charge in [-0.05, 0) is 44.9 Å². The molecule has 0 aliphatic rings. The molecule has 0 rings (SSSR count). The van der Waals surface area contributed by atoms with Crippen molar-refractivity contribution in [3.63, 3.8) is 0 Å². The number of ether oxygens (including phenoxy) is 2. The zero-order chi connectivity index (χ0) is 45.3. The minimum Gasteiger partial charge on any atom is -0.462 e. The Hall–Kier alpha value is -1.51. The molecule has 0 spiro atoms. The Bertz CT molecular complexity index is 1070. The van der Waals surface area contributed by atoms with Gasteiger partial charge < -0.3 is 20.1 Å². The van der Waals surface area contributed by atoms with Gasteiger partial charge in [-0.15, -0.1) is 0 Å². The number of carbonyl (C=O) groups is 2. The Morgan fingerprint density at radius 3 is 1.23 bits per heavy atom. The van der Waals surface area contributed by atoms with Gasteiger partial charge in [0.1, 0.15) is 6.61 Å². The lowest BCUT2D eigenvalue weighted by Crippen LogP contribution is -2.29. The molecule has 0 amide bonds. The molecule has 0 saturated carbocycles. The number of hydrogen-bond donors (Lipinski definition) is 2. The van der Waals surface area contributed by atoms with Crippen LogP contribution in [-0.2, 0) is 32.7 Å². The van der Waals surface area contributed by atoms with Crippen LogP contribution in [-0.4, -0.2) is 49.3 Å². The molecule has 0 aliphatic heterocycles. The highest BCUT2D eigenvalue weighted by Gasteiger charge is 2.26. The van der Waals surface area contributed by atoms with Gasteiger partial charge in [-0.3, -0.25) is 18.6 Å². The van der Waals surface area contributed by atoms with Crippen LogP contribution in [0.25, 0.3) is 0 Å². The molecule has 2 atom stereocenters. The highest BCUT2D eigenvalue weighted by molar-refractivity contribution is 7.47. The Labute approximate surface area is 382 Å². The molecule has 62 heavy (non-hydrogen) atoms. The van der Waals surface area contributed by atoms with Crippen LogP contribution < -0.4 is 5.73 Å². The molecule has 0 aromatic heterocycles. The summed E-state index contributed by atoms with van der Waals surface area (Å²) >= 11 is 0. The molecule has 3 N–H and O–H groups in total. The van der Waals surface area contributed by atoms with Crippen LogP contribution >= 0.6 is 7.82 Å². The van der Waals surface area contributed by atoms with E-state index in [2.05, 4.69) is 38.2 Å². The number of nitrogens with two attached hydrogens (primary N) is 1. The van der Waals surface area contributed by atoms with Gasteiger partial charge in [-0.1, -0.05) is 231 Å². The fourth-order valence-electron chi connectivity index (χ4n) is 7.67. The van der Waals surface area contributed by atoms with Crippen molar-refractivity contribution in [1.82, 2.24) is 0 Å². The first kappa shape index (κ1) is 60.5. The molecule has 0 bridgehead atoms. The first-order valence-corrected chi connectivity index (χ1v) is 27.8.